The van der Waals surface area contributed by atoms with E-state index in [2.05, 4.69) is 39.6 Å². The fourth-order valence-electron chi connectivity index (χ4n) is 7.82. The van der Waals surface area contributed by atoms with Gasteiger partial charge in [-0.05, 0) is 99.1 Å². The molecule has 2 amide bonds. The molecule has 0 bridgehead atoms. The molecule has 250 valence electrons. The molecular weight excluding hydrogens is 612 g/mol. The Morgan fingerprint density at radius 1 is 1.04 bits per heavy atom. The molecule has 7 rings (SSSR count). The number of ether oxygens (including phenoxy) is 1. The minimum Gasteiger partial charge on any atom is -0.446 e. The summed E-state index contributed by atoms with van der Waals surface area (Å²) >= 11 is 6.50. The number of pyridine rings is 1. The summed E-state index contributed by atoms with van der Waals surface area (Å²) in [6.07, 6.45) is 15.1. The van der Waals surface area contributed by atoms with Crippen LogP contribution in [0.1, 0.15) is 86.0 Å². The molecule has 3 fully saturated rings. The van der Waals surface area contributed by atoms with Gasteiger partial charge in [0.15, 0.2) is 0 Å². The van der Waals surface area contributed by atoms with Crippen LogP contribution in [0, 0.1) is 5.92 Å². The highest BCUT2D eigenvalue weighted by atomic mass is 35.5. The maximum absolute atomic E-state index is 14.8. The van der Waals surface area contributed by atoms with E-state index in [0.717, 1.165) is 87.3 Å². The predicted octanol–water partition coefficient (Wildman–Crippen LogP) is 6.08. The highest BCUT2D eigenvalue weighted by Crippen LogP contribution is 2.38. The summed E-state index contributed by atoms with van der Waals surface area (Å²) in [6, 6.07) is 9.55. The summed E-state index contributed by atoms with van der Waals surface area (Å²) in [5.74, 6) is 0.530. The maximum atomic E-state index is 14.8. The first-order valence-electron chi connectivity index (χ1n) is 17.7. The van der Waals surface area contributed by atoms with Crippen LogP contribution < -0.4 is 0 Å². The zero-order valence-electron chi connectivity index (χ0n) is 27.5. The molecule has 3 aromatic rings. The number of hydrogen-bond acceptors (Lipinski definition) is 6. The Bertz CT molecular complexity index is 1570. The lowest BCUT2D eigenvalue weighted by molar-refractivity contribution is -0.139. The number of nitrogens with zero attached hydrogens (tertiary/aromatic N) is 6. The van der Waals surface area contributed by atoms with Crippen LogP contribution in [0.5, 0.6) is 0 Å². The lowest BCUT2D eigenvalue weighted by Gasteiger charge is -2.45. The zero-order chi connectivity index (χ0) is 32.3. The molecule has 2 saturated carbocycles. The average molecular weight is 659 g/mol. The molecule has 1 aromatic carbocycles. The number of benzene rings is 1. The van der Waals surface area contributed by atoms with Crippen molar-refractivity contribution in [3.63, 3.8) is 0 Å². The number of fused-ring (bicyclic) bond motifs is 2. The van der Waals surface area contributed by atoms with Gasteiger partial charge < -0.3 is 14.2 Å². The summed E-state index contributed by atoms with van der Waals surface area (Å²) in [5.41, 5.74) is 5.76. The number of piperazine rings is 1. The third-order valence-electron chi connectivity index (χ3n) is 10.6. The van der Waals surface area contributed by atoms with E-state index in [0.29, 0.717) is 32.1 Å². The summed E-state index contributed by atoms with van der Waals surface area (Å²) in [4.78, 5) is 44.1. The molecule has 1 saturated heterocycles. The van der Waals surface area contributed by atoms with Crippen molar-refractivity contribution in [2.45, 2.75) is 95.9 Å². The van der Waals surface area contributed by atoms with Crippen LogP contribution in [0.2, 0.25) is 5.02 Å². The molecule has 4 aliphatic rings. The number of carbonyl (C=O) groups excluding carboxylic acids is 2. The van der Waals surface area contributed by atoms with Gasteiger partial charge in [0.05, 0.1) is 18.1 Å². The first-order chi connectivity index (χ1) is 23.0. The number of hydrogen-bond donors (Lipinski definition) is 0. The second kappa shape index (κ2) is 14.4. The molecule has 1 aliphatic heterocycles. The smallest absolute Gasteiger partial charge is 0.410 e. The van der Waals surface area contributed by atoms with Crippen LogP contribution in [-0.2, 0) is 35.3 Å². The molecule has 0 radical (unpaired) electrons. The van der Waals surface area contributed by atoms with Crippen LogP contribution in [-0.4, -0.2) is 86.1 Å². The summed E-state index contributed by atoms with van der Waals surface area (Å²) in [7, 11) is 0. The van der Waals surface area contributed by atoms with Gasteiger partial charge in [-0.3, -0.25) is 19.6 Å². The Kier molecular flexibility index (Phi) is 9.82. The fourth-order valence-corrected chi connectivity index (χ4v) is 8.01. The lowest BCUT2D eigenvalue weighted by Crippen LogP contribution is -2.62. The first-order valence-corrected chi connectivity index (χ1v) is 18.1. The van der Waals surface area contributed by atoms with Crippen LogP contribution in [0.4, 0.5) is 4.79 Å². The topological polar surface area (TPSA) is 83.8 Å². The molecule has 3 heterocycles. The summed E-state index contributed by atoms with van der Waals surface area (Å²) in [6.45, 7) is 5.71. The number of aromatic nitrogens is 3. The normalized spacial score (nSPS) is 21.9. The Morgan fingerprint density at radius 3 is 2.68 bits per heavy atom. The van der Waals surface area contributed by atoms with E-state index in [1.807, 2.05) is 35.8 Å². The molecule has 0 unspecified atom stereocenters. The third-order valence-corrected chi connectivity index (χ3v) is 10.9. The number of halogens is 1. The molecular formula is C37H47ClN6O3. The second-order valence-electron chi connectivity index (χ2n) is 13.8. The Morgan fingerprint density at radius 2 is 1.87 bits per heavy atom. The molecule has 10 heteroatoms. The van der Waals surface area contributed by atoms with Gasteiger partial charge in [0, 0.05) is 68.8 Å². The van der Waals surface area contributed by atoms with Gasteiger partial charge >= 0.3 is 6.09 Å². The van der Waals surface area contributed by atoms with Gasteiger partial charge in [-0.25, -0.2) is 9.78 Å². The molecule has 0 N–H and O–H groups in total. The Balaban J connectivity index is 1.20. The zero-order valence-corrected chi connectivity index (χ0v) is 28.3. The third kappa shape index (κ3) is 7.21. The minimum atomic E-state index is -0.652. The number of amides is 2. The lowest BCUT2D eigenvalue weighted by atomic mass is 9.95. The van der Waals surface area contributed by atoms with Crippen molar-refractivity contribution in [2.24, 2.45) is 5.92 Å². The number of aryl methyl sites for hydroxylation is 3. The van der Waals surface area contributed by atoms with Crippen molar-refractivity contribution >= 4 is 23.6 Å². The van der Waals surface area contributed by atoms with Gasteiger partial charge in [0.1, 0.15) is 12.1 Å². The van der Waals surface area contributed by atoms with Crippen molar-refractivity contribution < 1.29 is 14.3 Å². The SMILES string of the molecule is CCn1cncc1CCN(CC1CC1)C(=O)[C@H]1CN([C@H]2c3ccc(Cl)cc3CCc3cccnc32)CCN1C(=O)OC1CCCCC1. The van der Waals surface area contributed by atoms with Crippen LogP contribution >= 0.6 is 11.6 Å². The van der Waals surface area contributed by atoms with Crippen LogP contribution in [0.3, 0.4) is 0 Å². The number of carbonyl (C=O) groups is 2. The second-order valence-corrected chi connectivity index (χ2v) is 14.2. The van der Waals surface area contributed by atoms with Gasteiger partial charge in [0.2, 0.25) is 5.91 Å². The summed E-state index contributed by atoms with van der Waals surface area (Å²) in [5, 5.41) is 0.727. The van der Waals surface area contributed by atoms with Crippen molar-refractivity contribution in [2.75, 3.05) is 32.7 Å². The van der Waals surface area contributed by atoms with E-state index in [4.69, 9.17) is 21.3 Å². The fraction of sp³-hybridized carbons (Fsp3) is 0.568. The van der Waals surface area contributed by atoms with E-state index < -0.39 is 6.04 Å². The molecule has 2 aromatic heterocycles. The van der Waals surface area contributed by atoms with Gasteiger partial charge in [-0.1, -0.05) is 30.2 Å². The standard InChI is InChI=1S/C37H47ClN6O3/c1-2-41-25-39-22-30(41)16-18-43(23-26-10-11-26)36(45)33-24-42(19-20-44(33)37(46)47-31-8-4-3-5-9-31)35-32-15-14-29(38)21-28(32)13-12-27-7-6-17-40-34(27)35/h6-7,14-15,17,21-22,25-26,31,33,35H,2-5,8-13,16,18-20,23-24H2,1H3/t33-,35+/m1/s1. The average Bonchev–Trinajstić information content (AvgIpc) is 3.83. The van der Waals surface area contributed by atoms with E-state index in [-0.39, 0.29) is 24.1 Å². The number of imidazole rings is 1. The van der Waals surface area contributed by atoms with Crippen molar-refractivity contribution in [1.29, 1.82) is 0 Å². The predicted molar refractivity (Wildman–Crippen MR) is 181 cm³/mol. The number of rotatable bonds is 9. The highest BCUT2D eigenvalue weighted by molar-refractivity contribution is 6.30. The van der Waals surface area contributed by atoms with Crippen molar-refractivity contribution in [3.05, 3.63) is 82.2 Å². The van der Waals surface area contributed by atoms with Crippen LogP contribution in [0.25, 0.3) is 0 Å². The van der Waals surface area contributed by atoms with E-state index in [1.54, 1.807) is 4.90 Å². The van der Waals surface area contributed by atoms with Crippen LogP contribution in [0.15, 0.2) is 49.1 Å². The Labute approximate surface area is 283 Å². The van der Waals surface area contributed by atoms with E-state index in [1.165, 1.54) is 23.1 Å². The van der Waals surface area contributed by atoms with Gasteiger partial charge in [-0.2, -0.15) is 0 Å². The molecule has 2 atom stereocenters. The molecule has 47 heavy (non-hydrogen) atoms. The van der Waals surface area contributed by atoms with E-state index in [9.17, 15) is 9.59 Å². The van der Waals surface area contributed by atoms with Crippen molar-refractivity contribution in [3.8, 4) is 0 Å². The first kappa shape index (κ1) is 32.1. The van der Waals surface area contributed by atoms with Gasteiger partial charge in [-0.15, -0.1) is 0 Å². The minimum absolute atomic E-state index is 0.0101. The monoisotopic (exact) mass is 658 g/mol. The van der Waals surface area contributed by atoms with Crippen molar-refractivity contribution in [1.82, 2.24) is 29.2 Å². The van der Waals surface area contributed by atoms with Gasteiger partial charge in [0.25, 0.3) is 0 Å². The summed E-state index contributed by atoms with van der Waals surface area (Å²) < 4.78 is 8.25. The molecule has 9 nitrogen and oxygen atoms in total. The Hall–Kier alpha value is -3.43. The quantitative estimate of drug-likeness (QED) is 0.277. The molecule has 0 spiro atoms. The van der Waals surface area contributed by atoms with E-state index >= 15 is 0 Å². The largest absolute Gasteiger partial charge is 0.446 e. The maximum Gasteiger partial charge on any atom is 0.410 e. The highest BCUT2D eigenvalue weighted by Gasteiger charge is 2.43. The molecule has 3 aliphatic carbocycles.